The van der Waals surface area contributed by atoms with Gasteiger partial charge in [0, 0.05) is 18.8 Å². The minimum atomic E-state index is -0.624. The largest absolute Gasteiger partial charge is 0.339 e. The molecule has 4 atom stereocenters. The molecule has 0 amide bonds. The summed E-state index contributed by atoms with van der Waals surface area (Å²) in [6, 6.07) is 23.2. The van der Waals surface area contributed by atoms with Gasteiger partial charge in [0.25, 0.3) is 0 Å². The lowest BCUT2D eigenvalue weighted by molar-refractivity contribution is -0.203. The number of ether oxygens (including phenoxy) is 2. The van der Waals surface area contributed by atoms with E-state index in [1.54, 1.807) is 0 Å². The van der Waals surface area contributed by atoms with E-state index >= 15 is 0 Å². The van der Waals surface area contributed by atoms with Crippen LogP contribution in [0.3, 0.4) is 0 Å². The number of nitriles is 1. The minimum absolute atomic E-state index is 0.142. The molecular formula is C26H29NO2. The van der Waals surface area contributed by atoms with Crippen LogP contribution in [0.4, 0.5) is 0 Å². The van der Waals surface area contributed by atoms with Gasteiger partial charge in [-0.25, -0.2) is 0 Å². The molecule has 2 aromatic carbocycles. The van der Waals surface area contributed by atoms with Crippen molar-refractivity contribution in [2.75, 3.05) is 0 Å². The predicted octanol–water partition coefficient (Wildman–Crippen LogP) is 6.51. The fraction of sp³-hybridized carbons (Fsp3) is 0.423. The first-order valence-corrected chi connectivity index (χ1v) is 10.7. The van der Waals surface area contributed by atoms with Crippen LogP contribution < -0.4 is 0 Å². The summed E-state index contributed by atoms with van der Waals surface area (Å²) in [6.07, 6.45) is 8.44. The summed E-state index contributed by atoms with van der Waals surface area (Å²) < 4.78 is 13.6. The van der Waals surface area contributed by atoms with Gasteiger partial charge in [0.15, 0.2) is 5.79 Å². The predicted molar refractivity (Wildman–Crippen MR) is 114 cm³/mol. The maximum Gasteiger partial charge on any atom is 0.173 e. The van der Waals surface area contributed by atoms with E-state index in [2.05, 4.69) is 73.7 Å². The molecule has 29 heavy (non-hydrogen) atoms. The van der Waals surface area contributed by atoms with Gasteiger partial charge in [-0.15, -0.1) is 0 Å². The molecule has 150 valence electrons. The van der Waals surface area contributed by atoms with Crippen LogP contribution in [0.25, 0.3) is 0 Å². The summed E-state index contributed by atoms with van der Waals surface area (Å²) >= 11 is 0. The quantitative estimate of drug-likeness (QED) is 0.529. The van der Waals surface area contributed by atoms with Crippen LogP contribution >= 0.6 is 0 Å². The highest BCUT2D eigenvalue weighted by Gasteiger charge is 2.57. The minimum Gasteiger partial charge on any atom is -0.339 e. The SMILES string of the molecule is CC/C=C\CC1C(C[14C]#N)CCC12O[C@H](c1ccccc1)[C@@H](c1ccccc1)O2. The average Bonchev–Trinajstić information content (AvgIpc) is 3.32. The molecule has 1 aliphatic carbocycles. The van der Waals surface area contributed by atoms with Gasteiger partial charge in [-0.05, 0) is 36.3 Å². The Labute approximate surface area is 174 Å². The van der Waals surface area contributed by atoms with Gasteiger partial charge in [0.2, 0.25) is 0 Å². The van der Waals surface area contributed by atoms with Crippen molar-refractivity contribution < 1.29 is 9.47 Å². The molecule has 2 aromatic rings. The monoisotopic (exact) mass is 389 g/mol. The second-order valence-electron chi connectivity index (χ2n) is 8.09. The summed E-state index contributed by atoms with van der Waals surface area (Å²) in [4.78, 5) is 0. The Hall–Kier alpha value is -2.41. The first-order chi connectivity index (χ1) is 14.3. The molecule has 2 fully saturated rings. The normalized spacial score (nSPS) is 28.1. The lowest BCUT2D eigenvalue weighted by Gasteiger charge is -2.32. The number of benzene rings is 2. The van der Waals surface area contributed by atoms with Crippen molar-refractivity contribution in [1.29, 1.82) is 5.26 Å². The molecule has 2 unspecified atom stereocenters. The third-order valence-corrected chi connectivity index (χ3v) is 6.33. The van der Waals surface area contributed by atoms with Crippen molar-refractivity contribution in [3.63, 3.8) is 0 Å². The van der Waals surface area contributed by atoms with Crippen molar-refractivity contribution in [2.24, 2.45) is 11.8 Å². The standard InChI is InChI=1S/C26H29NO2/c1-2-3-6-15-23-20(17-19-27)16-18-26(23)28-24(21-11-7-4-8-12-21)25(29-26)22-13-9-5-10-14-22/h3-14,20,23-25H,2,15-18H2,1H3/b6-3-/t20?,23?,24-,25-/m1/s1/i19+2. The van der Waals surface area contributed by atoms with Crippen molar-refractivity contribution in [2.45, 2.75) is 57.0 Å². The molecule has 1 spiro atoms. The number of hydrogen-bond donors (Lipinski definition) is 0. The Morgan fingerprint density at radius 2 is 1.55 bits per heavy atom. The van der Waals surface area contributed by atoms with E-state index in [-0.39, 0.29) is 18.1 Å². The molecule has 1 saturated carbocycles. The van der Waals surface area contributed by atoms with Crippen molar-refractivity contribution in [3.05, 3.63) is 83.9 Å². The van der Waals surface area contributed by atoms with E-state index in [0.29, 0.717) is 12.3 Å². The Morgan fingerprint density at radius 1 is 0.966 bits per heavy atom. The molecule has 0 radical (unpaired) electrons. The van der Waals surface area contributed by atoms with Crippen molar-refractivity contribution in [3.8, 4) is 6.07 Å². The molecule has 4 rings (SSSR count). The number of hydrogen-bond acceptors (Lipinski definition) is 3. The second kappa shape index (κ2) is 8.95. The first-order valence-electron chi connectivity index (χ1n) is 10.7. The summed E-state index contributed by atoms with van der Waals surface area (Å²) in [5, 5.41) is 9.36. The molecule has 3 nitrogen and oxygen atoms in total. The van der Waals surface area contributed by atoms with Gasteiger partial charge in [0.05, 0.1) is 6.07 Å². The summed E-state index contributed by atoms with van der Waals surface area (Å²) in [5.41, 5.74) is 2.29. The van der Waals surface area contributed by atoms with Gasteiger partial charge in [-0.3, -0.25) is 0 Å². The Bertz CT molecular complexity index is 808. The van der Waals surface area contributed by atoms with Crippen LogP contribution in [0.5, 0.6) is 0 Å². The summed E-state index contributed by atoms with van der Waals surface area (Å²) in [7, 11) is 0. The van der Waals surface area contributed by atoms with Crippen LogP contribution in [0.2, 0.25) is 0 Å². The molecule has 0 N–H and O–H groups in total. The Balaban J connectivity index is 1.69. The van der Waals surface area contributed by atoms with E-state index in [1.807, 2.05) is 12.1 Å². The number of nitrogens with zero attached hydrogens (tertiary/aromatic N) is 1. The van der Waals surface area contributed by atoms with Crippen LogP contribution in [0.1, 0.15) is 62.4 Å². The van der Waals surface area contributed by atoms with Crippen molar-refractivity contribution in [1.82, 2.24) is 0 Å². The summed E-state index contributed by atoms with van der Waals surface area (Å²) in [5.74, 6) is -0.113. The Morgan fingerprint density at radius 3 is 2.07 bits per heavy atom. The van der Waals surface area contributed by atoms with E-state index in [1.165, 1.54) is 0 Å². The molecule has 1 aliphatic heterocycles. The summed E-state index contributed by atoms with van der Waals surface area (Å²) in [6.45, 7) is 2.15. The molecule has 0 aromatic heterocycles. The average molecular weight is 390 g/mol. The lowest BCUT2D eigenvalue weighted by atomic mass is 9.89. The smallest absolute Gasteiger partial charge is 0.173 e. The fourth-order valence-corrected chi connectivity index (χ4v) is 4.92. The maximum absolute atomic E-state index is 9.36. The van der Waals surface area contributed by atoms with Gasteiger partial charge >= 0.3 is 0 Å². The van der Waals surface area contributed by atoms with Gasteiger partial charge in [0.1, 0.15) is 12.2 Å². The van der Waals surface area contributed by atoms with Gasteiger partial charge in [-0.2, -0.15) is 5.26 Å². The maximum atomic E-state index is 9.36. The van der Waals surface area contributed by atoms with E-state index in [9.17, 15) is 5.26 Å². The van der Waals surface area contributed by atoms with Crippen LogP contribution in [-0.2, 0) is 9.47 Å². The fourth-order valence-electron chi connectivity index (χ4n) is 4.92. The van der Waals surface area contributed by atoms with Crippen LogP contribution in [0.15, 0.2) is 72.8 Å². The highest BCUT2D eigenvalue weighted by Crippen LogP contribution is 2.58. The zero-order valence-electron chi connectivity index (χ0n) is 17.0. The lowest BCUT2D eigenvalue weighted by Crippen LogP contribution is -2.36. The molecular weight excluding hydrogens is 360 g/mol. The molecule has 0 bridgehead atoms. The highest BCUT2D eigenvalue weighted by molar-refractivity contribution is 5.27. The molecule has 1 saturated heterocycles. The zero-order valence-corrected chi connectivity index (χ0v) is 17.0. The third kappa shape index (κ3) is 4.01. The topological polar surface area (TPSA) is 42.2 Å². The van der Waals surface area contributed by atoms with Crippen LogP contribution in [-0.4, -0.2) is 5.79 Å². The number of allylic oxidation sites excluding steroid dienone is 2. The highest BCUT2D eigenvalue weighted by atomic mass is 16.8. The second-order valence-corrected chi connectivity index (χ2v) is 8.09. The van der Waals surface area contributed by atoms with E-state index in [0.717, 1.165) is 36.8 Å². The molecule has 3 heteroatoms. The van der Waals surface area contributed by atoms with Crippen molar-refractivity contribution >= 4 is 0 Å². The molecule has 1 heterocycles. The van der Waals surface area contributed by atoms with Crippen LogP contribution in [0, 0.1) is 23.2 Å². The van der Waals surface area contributed by atoms with E-state index < -0.39 is 5.79 Å². The first kappa shape index (κ1) is 19.9. The zero-order chi connectivity index (χ0) is 20.1. The number of rotatable bonds is 6. The van der Waals surface area contributed by atoms with Gasteiger partial charge in [-0.1, -0.05) is 79.7 Å². The Kier molecular flexibility index (Phi) is 6.13. The van der Waals surface area contributed by atoms with Gasteiger partial charge < -0.3 is 9.47 Å². The van der Waals surface area contributed by atoms with E-state index in [4.69, 9.17) is 9.47 Å². The molecule has 2 aliphatic rings. The third-order valence-electron chi connectivity index (χ3n) is 6.33.